The molecule has 0 heterocycles. The minimum absolute atomic E-state index is 0.00763. The highest BCUT2D eigenvalue weighted by atomic mass is 32.2. The van der Waals surface area contributed by atoms with Crippen molar-refractivity contribution in [2.45, 2.75) is 19.1 Å². The maximum atomic E-state index is 11.6. The van der Waals surface area contributed by atoms with Crippen LogP contribution >= 0.6 is 0 Å². The summed E-state index contributed by atoms with van der Waals surface area (Å²) < 4.78 is 11.6. The predicted octanol–water partition coefficient (Wildman–Crippen LogP) is 1.03. The highest BCUT2D eigenvalue weighted by Crippen LogP contribution is 2.09. The maximum Gasteiger partial charge on any atom is 0.237 e. The van der Waals surface area contributed by atoms with Gasteiger partial charge in [-0.1, -0.05) is 12.1 Å². The Hall–Kier alpha value is -1.20. The van der Waals surface area contributed by atoms with Gasteiger partial charge in [0.1, 0.15) is 5.75 Å². The molecule has 2 atom stereocenters. The summed E-state index contributed by atoms with van der Waals surface area (Å²) in [4.78, 5) is 11.6. The zero-order chi connectivity index (χ0) is 12.8. The van der Waals surface area contributed by atoms with E-state index in [1.807, 2.05) is 25.1 Å². The molecule has 4 nitrogen and oxygen atoms in total. The highest BCUT2D eigenvalue weighted by molar-refractivity contribution is 7.86. The molecule has 17 heavy (non-hydrogen) atoms. The van der Waals surface area contributed by atoms with Crippen molar-refractivity contribution in [1.29, 1.82) is 0 Å². The SMILES string of the molecule is Cc1cccc(NC(=O)CS(=O)C(C)CN)c1. The molecule has 0 saturated heterocycles. The lowest BCUT2D eigenvalue weighted by atomic mass is 10.2. The summed E-state index contributed by atoms with van der Waals surface area (Å²) >= 11 is 0. The Bertz CT molecular complexity index is 421. The molecule has 1 aromatic rings. The average molecular weight is 254 g/mol. The summed E-state index contributed by atoms with van der Waals surface area (Å²) in [7, 11) is -1.21. The van der Waals surface area contributed by atoms with Crippen LogP contribution < -0.4 is 11.1 Å². The molecule has 0 fully saturated rings. The van der Waals surface area contributed by atoms with Crippen molar-refractivity contribution in [2.75, 3.05) is 17.6 Å². The molecule has 94 valence electrons. The third-order valence-electron chi connectivity index (χ3n) is 2.36. The maximum absolute atomic E-state index is 11.6. The Labute approximate surface area is 104 Å². The van der Waals surface area contributed by atoms with E-state index in [2.05, 4.69) is 5.32 Å². The van der Waals surface area contributed by atoms with Crippen molar-refractivity contribution in [3.05, 3.63) is 29.8 Å². The lowest BCUT2D eigenvalue weighted by Gasteiger charge is -2.09. The Kier molecular flexibility index (Phi) is 5.31. The zero-order valence-corrected chi connectivity index (χ0v) is 10.9. The minimum atomic E-state index is -1.21. The van der Waals surface area contributed by atoms with Gasteiger partial charge in [0.05, 0.1) is 0 Å². The van der Waals surface area contributed by atoms with Crippen LogP contribution in [0.3, 0.4) is 0 Å². The van der Waals surface area contributed by atoms with Crippen molar-refractivity contribution in [3.8, 4) is 0 Å². The predicted molar refractivity (Wildman–Crippen MR) is 71.3 cm³/mol. The number of aryl methyl sites for hydroxylation is 1. The summed E-state index contributed by atoms with van der Waals surface area (Å²) in [5, 5.41) is 2.57. The molecule has 1 aromatic carbocycles. The standard InChI is InChI=1S/C12H18N2O2S/c1-9-4-3-5-11(6-9)14-12(15)8-17(16)10(2)7-13/h3-6,10H,7-8,13H2,1-2H3,(H,14,15). The van der Waals surface area contributed by atoms with Crippen LogP contribution in [0.4, 0.5) is 5.69 Å². The second-order valence-electron chi connectivity index (χ2n) is 3.99. The van der Waals surface area contributed by atoms with E-state index >= 15 is 0 Å². The number of rotatable bonds is 5. The molecule has 0 radical (unpaired) electrons. The van der Waals surface area contributed by atoms with Gasteiger partial charge in [0.25, 0.3) is 0 Å². The molecule has 0 aliphatic rings. The van der Waals surface area contributed by atoms with Gasteiger partial charge in [-0.3, -0.25) is 9.00 Å². The van der Waals surface area contributed by atoms with E-state index in [0.29, 0.717) is 6.54 Å². The minimum Gasteiger partial charge on any atom is -0.329 e. The molecule has 0 aliphatic heterocycles. The number of nitrogens with two attached hydrogens (primary N) is 1. The zero-order valence-electron chi connectivity index (χ0n) is 10.1. The van der Waals surface area contributed by atoms with Crippen LogP contribution in [-0.2, 0) is 15.6 Å². The van der Waals surface area contributed by atoms with Crippen LogP contribution in [0.5, 0.6) is 0 Å². The van der Waals surface area contributed by atoms with E-state index < -0.39 is 10.8 Å². The number of carbonyl (C=O) groups is 1. The van der Waals surface area contributed by atoms with Crippen LogP contribution in [0, 0.1) is 6.92 Å². The molecule has 2 unspecified atom stereocenters. The largest absolute Gasteiger partial charge is 0.329 e. The van der Waals surface area contributed by atoms with Gasteiger partial charge in [-0.15, -0.1) is 0 Å². The van der Waals surface area contributed by atoms with Crippen molar-refractivity contribution >= 4 is 22.4 Å². The third-order valence-corrected chi connectivity index (χ3v) is 3.99. The first-order valence-corrected chi connectivity index (χ1v) is 6.85. The fourth-order valence-corrected chi connectivity index (χ4v) is 2.13. The molecule has 0 aromatic heterocycles. The van der Waals surface area contributed by atoms with E-state index in [0.717, 1.165) is 11.3 Å². The molecular weight excluding hydrogens is 236 g/mol. The Balaban J connectivity index is 2.53. The van der Waals surface area contributed by atoms with Gasteiger partial charge >= 0.3 is 0 Å². The summed E-state index contributed by atoms with van der Waals surface area (Å²) in [6, 6.07) is 7.49. The van der Waals surface area contributed by atoms with E-state index in [9.17, 15) is 9.00 Å². The molecule has 0 spiro atoms. The Morgan fingerprint density at radius 1 is 1.53 bits per heavy atom. The van der Waals surface area contributed by atoms with Crippen LogP contribution in [0.2, 0.25) is 0 Å². The summed E-state index contributed by atoms with van der Waals surface area (Å²) in [6.45, 7) is 4.05. The number of hydrogen-bond acceptors (Lipinski definition) is 3. The number of carbonyl (C=O) groups excluding carboxylic acids is 1. The van der Waals surface area contributed by atoms with Crippen LogP contribution in [0.1, 0.15) is 12.5 Å². The van der Waals surface area contributed by atoms with Gasteiger partial charge in [0.15, 0.2) is 0 Å². The summed E-state index contributed by atoms with van der Waals surface area (Å²) in [5.74, 6) is -0.249. The number of nitrogens with one attached hydrogen (secondary N) is 1. The Morgan fingerprint density at radius 2 is 2.24 bits per heavy atom. The van der Waals surface area contributed by atoms with E-state index in [-0.39, 0.29) is 16.9 Å². The Morgan fingerprint density at radius 3 is 2.82 bits per heavy atom. The van der Waals surface area contributed by atoms with Gasteiger partial charge in [0.2, 0.25) is 5.91 Å². The molecular formula is C12H18N2O2S. The second-order valence-corrected chi connectivity index (χ2v) is 5.84. The van der Waals surface area contributed by atoms with Gasteiger partial charge in [-0.05, 0) is 31.5 Å². The summed E-state index contributed by atoms with van der Waals surface area (Å²) in [5.41, 5.74) is 7.19. The highest BCUT2D eigenvalue weighted by Gasteiger charge is 2.13. The molecule has 0 aliphatic carbocycles. The van der Waals surface area contributed by atoms with Crippen LogP contribution in [0.15, 0.2) is 24.3 Å². The first-order chi connectivity index (χ1) is 8.02. The van der Waals surface area contributed by atoms with Gasteiger partial charge in [-0.25, -0.2) is 0 Å². The molecule has 0 saturated carbocycles. The molecule has 5 heteroatoms. The lowest BCUT2D eigenvalue weighted by Crippen LogP contribution is -2.29. The molecule has 0 bridgehead atoms. The fourth-order valence-electron chi connectivity index (χ4n) is 1.30. The normalized spacial score (nSPS) is 14.1. The smallest absolute Gasteiger partial charge is 0.237 e. The summed E-state index contributed by atoms with van der Waals surface area (Å²) in [6.07, 6.45) is 0. The average Bonchev–Trinajstić information content (AvgIpc) is 2.27. The van der Waals surface area contributed by atoms with Crippen molar-refractivity contribution < 1.29 is 9.00 Å². The van der Waals surface area contributed by atoms with Crippen LogP contribution in [0.25, 0.3) is 0 Å². The van der Waals surface area contributed by atoms with Crippen molar-refractivity contribution in [3.63, 3.8) is 0 Å². The van der Waals surface area contributed by atoms with Gasteiger partial charge in [0, 0.05) is 28.3 Å². The van der Waals surface area contributed by atoms with Crippen molar-refractivity contribution in [1.82, 2.24) is 0 Å². The number of anilines is 1. The molecule has 1 amide bonds. The van der Waals surface area contributed by atoms with Crippen molar-refractivity contribution in [2.24, 2.45) is 5.73 Å². The number of amides is 1. The first-order valence-electron chi connectivity index (χ1n) is 5.46. The monoisotopic (exact) mass is 254 g/mol. The molecule has 1 rings (SSSR count). The quantitative estimate of drug-likeness (QED) is 0.824. The first kappa shape index (κ1) is 13.9. The number of hydrogen-bond donors (Lipinski definition) is 2. The third kappa shape index (κ3) is 4.66. The van der Waals surface area contributed by atoms with E-state index in [4.69, 9.17) is 5.73 Å². The van der Waals surface area contributed by atoms with E-state index in [1.165, 1.54) is 0 Å². The topological polar surface area (TPSA) is 72.2 Å². The second kappa shape index (κ2) is 6.51. The van der Waals surface area contributed by atoms with Crippen LogP contribution in [-0.4, -0.2) is 27.7 Å². The lowest BCUT2D eigenvalue weighted by molar-refractivity contribution is -0.113. The van der Waals surface area contributed by atoms with Gasteiger partial charge < -0.3 is 11.1 Å². The van der Waals surface area contributed by atoms with Gasteiger partial charge in [-0.2, -0.15) is 0 Å². The number of benzene rings is 1. The molecule has 3 N–H and O–H groups in total. The van der Waals surface area contributed by atoms with E-state index in [1.54, 1.807) is 13.0 Å². The fraction of sp³-hybridized carbons (Fsp3) is 0.417.